The number of hydrogen-bond donors (Lipinski definition) is 0. The number of nitrogens with zero attached hydrogens (tertiary/aromatic N) is 6. The minimum Gasteiger partial charge on any atom is -0.354 e. The number of rotatable bonds is 5. The van der Waals surface area contributed by atoms with Crippen LogP contribution in [0.1, 0.15) is 38.0 Å². The van der Waals surface area contributed by atoms with E-state index in [2.05, 4.69) is 55.3 Å². The highest BCUT2D eigenvalue weighted by atomic mass is 16.5. The van der Waals surface area contributed by atoms with Gasteiger partial charge in [0, 0.05) is 38.2 Å². The molecule has 0 N–H and O–H groups in total. The van der Waals surface area contributed by atoms with Crippen molar-refractivity contribution >= 4 is 5.82 Å². The van der Waals surface area contributed by atoms with Gasteiger partial charge in [0.05, 0.1) is 11.7 Å². The first-order chi connectivity index (χ1) is 13.7. The first-order valence-corrected chi connectivity index (χ1v) is 9.95. The van der Waals surface area contributed by atoms with Crippen molar-refractivity contribution in [3.8, 4) is 11.3 Å². The van der Waals surface area contributed by atoms with Gasteiger partial charge in [-0.2, -0.15) is 4.98 Å². The van der Waals surface area contributed by atoms with E-state index in [1.54, 1.807) is 0 Å². The average Bonchev–Trinajstić information content (AvgIpc) is 3.11. The van der Waals surface area contributed by atoms with Gasteiger partial charge in [-0.05, 0) is 25.5 Å². The van der Waals surface area contributed by atoms with Crippen LogP contribution in [-0.4, -0.2) is 51.4 Å². The Hall–Kier alpha value is -2.80. The summed E-state index contributed by atoms with van der Waals surface area (Å²) in [6, 6.07) is 14.4. The molecule has 0 amide bonds. The zero-order chi connectivity index (χ0) is 19.3. The normalized spacial score (nSPS) is 16.7. The summed E-state index contributed by atoms with van der Waals surface area (Å²) in [5, 5.41) is 12.9. The van der Waals surface area contributed by atoms with Gasteiger partial charge in [0.25, 0.3) is 0 Å². The van der Waals surface area contributed by atoms with Gasteiger partial charge >= 0.3 is 0 Å². The number of aryl methyl sites for hydroxylation is 1. The molecule has 3 aromatic rings. The Morgan fingerprint density at radius 3 is 2.57 bits per heavy atom. The maximum absolute atomic E-state index is 5.44. The quantitative estimate of drug-likeness (QED) is 0.674. The molecule has 0 bridgehead atoms. The minimum absolute atomic E-state index is 0.124. The van der Waals surface area contributed by atoms with E-state index < -0.39 is 0 Å². The van der Waals surface area contributed by atoms with Gasteiger partial charge in [-0.3, -0.25) is 4.90 Å². The molecule has 1 fully saturated rings. The summed E-state index contributed by atoms with van der Waals surface area (Å²) < 4.78 is 5.44. The minimum atomic E-state index is 0.124. The fourth-order valence-corrected chi connectivity index (χ4v) is 3.55. The second kappa shape index (κ2) is 8.48. The molecular formula is C21H26N6O. The van der Waals surface area contributed by atoms with Gasteiger partial charge < -0.3 is 9.42 Å². The summed E-state index contributed by atoms with van der Waals surface area (Å²) in [5.74, 6) is 2.41. The molecule has 7 heteroatoms. The predicted octanol–water partition coefficient (Wildman–Crippen LogP) is 3.36. The number of anilines is 1. The van der Waals surface area contributed by atoms with Crippen molar-refractivity contribution in [2.24, 2.45) is 0 Å². The largest absolute Gasteiger partial charge is 0.354 e. The van der Waals surface area contributed by atoms with Crippen molar-refractivity contribution in [1.82, 2.24) is 25.2 Å². The molecular weight excluding hydrogens is 352 g/mol. The molecule has 28 heavy (non-hydrogen) atoms. The molecule has 1 aliphatic rings. The molecule has 1 aromatic carbocycles. The Morgan fingerprint density at radius 2 is 1.86 bits per heavy atom. The third kappa shape index (κ3) is 4.04. The van der Waals surface area contributed by atoms with E-state index in [0.29, 0.717) is 5.89 Å². The Morgan fingerprint density at radius 1 is 1.00 bits per heavy atom. The highest BCUT2D eigenvalue weighted by molar-refractivity contribution is 5.59. The molecule has 1 saturated heterocycles. The van der Waals surface area contributed by atoms with Crippen molar-refractivity contribution < 1.29 is 4.52 Å². The fourth-order valence-electron chi connectivity index (χ4n) is 3.55. The van der Waals surface area contributed by atoms with E-state index in [9.17, 15) is 0 Å². The van der Waals surface area contributed by atoms with Crippen LogP contribution in [0.25, 0.3) is 11.3 Å². The molecule has 1 atom stereocenters. The molecule has 7 nitrogen and oxygen atoms in total. The summed E-state index contributed by atoms with van der Waals surface area (Å²) in [7, 11) is 0. The third-order valence-corrected chi connectivity index (χ3v) is 5.28. The van der Waals surface area contributed by atoms with Gasteiger partial charge in [0.15, 0.2) is 11.6 Å². The highest BCUT2D eigenvalue weighted by Gasteiger charge is 2.24. The average molecular weight is 378 g/mol. The summed E-state index contributed by atoms with van der Waals surface area (Å²) in [6.07, 6.45) is 1.85. The molecule has 4 rings (SSSR count). The van der Waals surface area contributed by atoms with Gasteiger partial charge in [-0.25, -0.2) is 0 Å². The van der Waals surface area contributed by atoms with Gasteiger partial charge in [0.2, 0.25) is 5.89 Å². The lowest BCUT2D eigenvalue weighted by atomic mass is 10.1. The van der Waals surface area contributed by atoms with Crippen LogP contribution < -0.4 is 4.90 Å². The molecule has 0 radical (unpaired) electrons. The van der Waals surface area contributed by atoms with Crippen LogP contribution in [0.3, 0.4) is 0 Å². The van der Waals surface area contributed by atoms with Gasteiger partial charge in [-0.1, -0.05) is 42.4 Å². The summed E-state index contributed by atoms with van der Waals surface area (Å²) in [6.45, 7) is 7.96. The topological polar surface area (TPSA) is 71.2 Å². The van der Waals surface area contributed by atoms with Crippen LogP contribution in [-0.2, 0) is 6.42 Å². The van der Waals surface area contributed by atoms with E-state index in [0.717, 1.165) is 61.9 Å². The van der Waals surface area contributed by atoms with Crippen LogP contribution >= 0.6 is 0 Å². The molecule has 146 valence electrons. The third-order valence-electron chi connectivity index (χ3n) is 5.28. The Bertz CT molecular complexity index is 879. The molecule has 2 aromatic heterocycles. The van der Waals surface area contributed by atoms with E-state index in [-0.39, 0.29) is 6.04 Å². The molecule has 1 aliphatic heterocycles. The zero-order valence-corrected chi connectivity index (χ0v) is 16.5. The van der Waals surface area contributed by atoms with Gasteiger partial charge in [0.1, 0.15) is 0 Å². The predicted molar refractivity (Wildman–Crippen MR) is 108 cm³/mol. The second-order valence-corrected chi connectivity index (χ2v) is 7.10. The Kier molecular flexibility index (Phi) is 5.62. The van der Waals surface area contributed by atoms with Crippen molar-refractivity contribution in [1.29, 1.82) is 0 Å². The van der Waals surface area contributed by atoms with Crippen molar-refractivity contribution in [3.63, 3.8) is 0 Å². The monoisotopic (exact) mass is 378 g/mol. The standard InChI is InChI=1S/C21H26N6O/c1-3-19-22-21(28-25-19)16(2)26-12-7-13-27(15-14-26)20-11-10-18(23-24-20)17-8-5-4-6-9-17/h4-6,8-11,16H,3,7,12-15H2,1-2H3. The second-order valence-electron chi connectivity index (χ2n) is 7.10. The Labute approximate surface area is 165 Å². The molecule has 1 unspecified atom stereocenters. The first-order valence-electron chi connectivity index (χ1n) is 9.95. The van der Waals surface area contributed by atoms with Crippen LogP contribution in [0.4, 0.5) is 5.82 Å². The van der Waals surface area contributed by atoms with Crippen LogP contribution in [0.15, 0.2) is 47.0 Å². The van der Waals surface area contributed by atoms with Crippen molar-refractivity contribution in [3.05, 3.63) is 54.2 Å². The van der Waals surface area contributed by atoms with Crippen LogP contribution in [0, 0.1) is 0 Å². The number of hydrogen-bond acceptors (Lipinski definition) is 7. The summed E-state index contributed by atoms with van der Waals surface area (Å²) in [4.78, 5) is 9.20. The van der Waals surface area contributed by atoms with E-state index in [1.807, 2.05) is 31.2 Å². The molecule has 0 aliphatic carbocycles. The first kappa shape index (κ1) is 18.6. The summed E-state index contributed by atoms with van der Waals surface area (Å²) >= 11 is 0. The van der Waals surface area contributed by atoms with Crippen molar-refractivity contribution in [2.75, 3.05) is 31.1 Å². The lowest BCUT2D eigenvalue weighted by molar-refractivity contribution is 0.184. The van der Waals surface area contributed by atoms with Crippen LogP contribution in [0.2, 0.25) is 0 Å². The lowest BCUT2D eigenvalue weighted by Gasteiger charge is -2.25. The summed E-state index contributed by atoms with van der Waals surface area (Å²) in [5.41, 5.74) is 1.99. The zero-order valence-electron chi connectivity index (χ0n) is 16.5. The smallest absolute Gasteiger partial charge is 0.243 e. The van der Waals surface area contributed by atoms with E-state index in [1.165, 1.54) is 0 Å². The van der Waals surface area contributed by atoms with Crippen LogP contribution in [0.5, 0.6) is 0 Å². The molecule has 0 saturated carbocycles. The fraction of sp³-hybridized carbons (Fsp3) is 0.429. The van der Waals surface area contributed by atoms with E-state index in [4.69, 9.17) is 4.52 Å². The maximum Gasteiger partial charge on any atom is 0.243 e. The van der Waals surface area contributed by atoms with Crippen molar-refractivity contribution in [2.45, 2.75) is 32.7 Å². The maximum atomic E-state index is 5.44. The SMILES string of the molecule is CCc1noc(C(C)N2CCCN(c3ccc(-c4ccccc4)nn3)CC2)n1. The molecule has 0 spiro atoms. The molecule has 3 heterocycles. The highest BCUT2D eigenvalue weighted by Crippen LogP contribution is 2.23. The lowest BCUT2D eigenvalue weighted by Crippen LogP contribution is -2.33. The number of aromatic nitrogens is 4. The van der Waals surface area contributed by atoms with E-state index >= 15 is 0 Å². The Balaban J connectivity index is 1.41. The number of benzene rings is 1. The van der Waals surface area contributed by atoms with Gasteiger partial charge in [-0.15, -0.1) is 10.2 Å².